The number of nitrogens with zero attached hydrogens (tertiary/aromatic N) is 2. The second kappa shape index (κ2) is 13.3. The summed E-state index contributed by atoms with van der Waals surface area (Å²) in [7, 11) is 1.28. The predicted octanol–water partition coefficient (Wildman–Crippen LogP) is 8.28. The van der Waals surface area contributed by atoms with Crippen molar-refractivity contribution in [2.75, 3.05) is 12.4 Å². The van der Waals surface area contributed by atoms with Crippen molar-refractivity contribution < 1.29 is 23.8 Å². The smallest absolute Gasteiger partial charge is 0.360 e. The number of rotatable bonds is 10. The molecule has 8 heteroatoms. The molecule has 0 aliphatic carbocycles. The van der Waals surface area contributed by atoms with Gasteiger partial charge in [0.1, 0.15) is 22.9 Å². The van der Waals surface area contributed by atoms with Gasteiger partial charge in [-0.3, -0.25) is 4.79 Å². The second-order valence-corrected chi connectivity index (χ2v) is 10.8. The molecule has 0 spiro atoms. The molecule has 5 aromatic rings. The molecule has 0 fully saturated rings. The maximum atomic E-state index is 13.5. The Labute approximate surface area is 257 Å². The number of esters is 1. The number of carbonyl (C=O) groups is 2. The first-order valence-electron chi connectivity index (χ1n) is 14.5. The van der Waals surface area contributed by atoms with E-state index in [9.17, 15) is 9.59 Å². The van der Waals surface area contributed by atoms with Crippen molar-refractivity contribution in [1.29, 1.82) is 0 Å². The van der Waals surface area contributed by atoms with Crippen LogP contribution in [0.2, 0.25) is 0 Å². The molecule has 0 saturated heterocycles. The Balaban J connectivity index is 1.58. The molecule has 1 heterocycles. The third-order valence-corrected chi connectivity index (χ3v) is 6.90. The predicted molar refractivity (Wildman–Crippen MR) is 171 cm³/mol. The number of methoxy groups -OCH3 is 1. The zero-order valence-electron chi connectivity index (χ0n) is 25.4. The molecule has 4 aromatic carbocycles. The van der Waals surface area contributed by atoms with Crippen LogP contribution in [0.15, 0.2) is 103 Å². The lowest BCUT2D eigenvalue weighted by atomic mass is 10.00. The van der Waals surface area contributed by atoms with Crippen LogP contribution in [0.3, 0.4) is 0 Å². The van der Waals surface area contributed by atoms with Crippen LogP contribution in [0, 0.1) is 0 Å². The zero-order chi connectivity index (χ0) is 31.2. The van der Waals surface area contributed by atoms with Gasteiger partial charge in [-0.25, -0.2) is 9.48 Å². The number of ether oxygens (including phenoxy) is 3. The number of anilines is 1. The summed E-state index contributed by atoms with van der Waals surface area (Å²) in [5, 5.41) is 7.61. The number of nitrogens with one attached hydrogen (secondary N) is 1. The molecule has 8 nitrogen and oxygen atoms in total. The molecule has 0 saturated carbocycles. The van der Waals surface area contributed by atoms with Crippen LogP contribution < -0.4 is 14.8 Å². The average Bonchev–Trinajstić information content (AvgIpc) is 3.40. The molecule has 0 aliphatic rings. The fourth-order valence-electron chi connectivity index (χ4n) is 4.68. The van der Waals surface area contributed by atoms with Crippen LogP contribution in [0.5, 0.6) is 17.2 Å². The number of aromatic nitrogens is 2. The summed E-state index contributed by atoms with van der Waals surface area (Å²) in [6.07, 6.45) is 0.00624. The number of para-hydroxylation sites is 1. The molecule has 44 heavy (non-hydrogen) atoms. The fraction of sp³-hybridized carbons (Fsp3) is 0.194. The largest absolute Gasteiger partial charge is 0.491 e. The van der Waals surface area contributed by atoms with E-state index >= 15 is 0 Å². The molecular formula is C36H35N3O5. The van der Waals surface area contributed by atoms with Gasteiger partial charge in [0, 0.05) is 11.1 Å². The van der Waals surface area contributed by atoms with Crippen molar-refractivity contribution in [3.8, 4) is 34.2 Å². The van der Waals surface area contributed by atoms with Crippen LogP contribution >= 0.6 is 0 Å². The van der Waals surface area contributed by atoms with E-state index in [0.29, 0.717) is 40.1 Å². The molecule has 0 aliphatic heterocycles. The molecule has 224 valence electrons. The number of hydrogen-bond acceptors (Lipinski definition) is 6. The van der Waals surface area contributed by atoms with E-state index in [4.69, 9.17) is 14.2 Å². The van der Waals surface area contributed by atoms with Crippen LogP contribution in [-0.2, 0) is 4.74 Å². The lowest BCUT2D eigenvalue weighted by molar-refractivity contribution is 0.0594. The highest BCUT2D eigenvalue weighted by molar-refractivity contribution is 6.10. The van der Waals surface area contributed by atoms with Gasteiger partial charge < -0.3 is 19.5 Å². The Bertz CT molecular complexity index is 1720. The highest BCUT2D eigenvalue weighted by Crippen LogP contribution is 2.36. The standard InChI is InChI=1S/C36H35N3O5/c1-23(2)25-11-13-26(14-12-25)34-32(37-35(40)27-15-19-30(20-16-27)43-24(3)4)33(36(41)42-5)38-39(34)28-17-21-31(22-18-28)44-29-9-7-6-8-10-29/h6-24H,1-5H3,(H,37,40). The summed E-state index contributed by atoms with van der Waals surface area (Å²) in [5.41, 5.74) is 3.73. The number of benzene rings is 4. The Kier molecular flexibility index (Phi) is 9.09. The zero-order valence-corrected chi connectivity index (χ0v) is 25.4. The Hall–Kier alpha value is -5.37. The molecule has 5 rings (SSSR count). The normalized spacial score (nSPS) is 11.0. The van der Waals surface area contributed by atoms with Gasteiger partial charge in [0.15, 0.2) is 5.69 Å². The summed E-state index contributed by atoms with van der Waals surface area (Å²) in [6, 6.07) is 31.7. The first kappa shape index (κ1) is 30.1. The van der Waals surface area contributed by atoms with Gasteiger partial charge in [-0.05, 0) is 86.0 Å². The summed E-state index contributed by atoms with van der Waals surface area (Å²) < 4.78 is 18.4. The Morgan fingerprint density at radius 1 is 0.750 bits per heavy atom. The fourth-order valence-corrected chi connectivity index (χ4v) is 4.68. The van der Waals surface area contributed by atoms with Gasteiger partial charge in [0.05, 0.1) is 24.6 Å². The molecular weight excluding hydrogens is 554 g/mol. The minimum absolute atomic E-state index is 0.00624. The lowest BCUT2D eigenvalue weighted by Crippen LogP contribution is -2.15. The van der Waals surface area contributed by atoms with E-state index in [1.54, 1.807) is 28.9 Å². The van der Waals surface area contributed by atoms with Crippen molar-refractivity contribution >= 4 is 17.6 Å². The van der Waals surface area contributed by atoms with Crippen LogP contribution in [-0.4, -0.2) is 34.9 Å². The molecule has 1 aromatic heterocycles. The van der Waals surface area contributed by atoms with E-state index in [1.165, 1.54) is 7.11 Å². The van der Waals surface area contributed by atoms with Gasteiger partial charge >= 0.3 is 5.97 Å². The number of hydrogen-bond donors (Lipinski definition) is 1. The molecule has 0 atom stereocenters. The average molecular weight is 590 g/mol. The molecule has 1 amide bonds. The summed E-state index contributed by atoms with van der Waals surface area (Å²) in [6.45, 7) is 8.12. The van der Waals surface area contributed by atoms with E-state index in [0.717, 1.165) is 11.1 Å². The van der Waals surface area contributed by atoms with E-state index in [1.807, 2.05) is 92.7 Å². The van der Waals surface area contributed by atoms with Gasteiger partial charge in [-0.2, -0.15) is 5.10 Å². The molecule has 0 unspecified atom stereocenters. The van der Waals surface area contributed by atoms with Crippen LogP contribution in [0.1, 0.15) is 60.0 Å². The molecule has 1 N–H and O–H groups in total. The lowest BCUT2D eigenvalue weighted by Gasteiger charge is -2.14. The third-order valence-electron chi connectivity index (χ3n) is 6.90. The van der Waals surface area contributed by atoms with Crippen molar-refractivity contribution in [3.63, 3.8) is 0 Å². The monoisotopic (exact) mass is 589 g/mol. The Morgan fingerprint density at radius 3 is 1.95 bits per heavy atom. The summed E-state index contributed by atoms with van der Waals surface area (Å²) in [5.74, 6) is 1.26. The van der Waals surface area contributed by atoms with E-state index in [2.05, 4.69) is 24.3 Å². The van der Waals surface area contributed by atoms with Gasteiger partial charge in [-0.15, -0.1) is 0 Å². The van der Waals surface area contributed by atoms with Crippen LogP contribution in [0.4, 0.5) is 5.69 Å². The number of amides is 1. The maximum absolute atomic E-state index is 13.5. The molecule has 0 bridgehead atoms. The van der Waals surface area contributed by atoms with Crippen molar-refractivity contribution in [2.45, 2.75) is 39.7 Å². The molecule has 0 radical (unpaired) electrons. The maximum Gasteiger partial charge on any atom is 0.360 e. The van der Waals surface area contributed by atoms with Gasteiger partial charge in [0.25, 0.3) is 5.91 Å². The summed E-state index contributed by atoms with van der Waals surface area (Å²) >= 11 is 0. The SMILES string of the molecule is COC(=O)c1nn(-c2ccc(Oc3ccccc3)cc2)c(-c2ccc(C(C)C)cc2)c1NC(=O)c1ccc(OC(C)C)cc1. The quantitative estimate of drug-likeness (QED) is 0.165. The second-order valence-electron chi connectivity index (χ2n) is 10.8. The first-order valence-corrected chi connectivity index (χ1v) is 14.5. The van der Waals surface area contributed by atoms with Crippen molar-refractivity contribution in [2.24, 2.45) is 0 Å². The minimum Gasteiger partial charge on any atom is -0.491 e. The van der Waals surface area contributed by atoms with Gasteiger partial charge in [-0.1, -0.05) is 56.3 Å². The van der Waals surface area contributed by atoms with E-state index in [-0.39, 0.29) is 17.5 Å². The van der Waals surface area contributed by atoms with Crippen LogP contribution in [0.25, 0.3) is 16.9 Å². The Morgan fingerprint density at radius 2 is 1.36 bits per heavy atom. The number of carbonyl (C=O) groups excluding carboxylic acids is 2. The third kappa shape index (κ3) is 6.81. The van der Waals surface area contributed by atoms with Crippen molar-refractivity contribution in [3.05, 3.63) is 120 Å². The van der Waals surface area contributed by atoms with Crippen molar-refractivity contribution in [1.82, 2.24) is 9.78 Å². The van der Waals surface area contributed by atoms with E-state index < -0.39 is 11.9 Å². The highest BCUT2D eigenvalue weighted by Gasteiger charge is 2.27. The topological polar surface area (TPSA) is 91.7 Å². The minimum atomic E-state index is -0.677. The van der Waals surface area contributed by atoms with Gasteiger partial charge in [0.2, 0.25) is 0 Å². The summed E-state index contributed by atoms with van der Waals surface area (Å²) in [4.78, 5) is 26.6. The first-order chi connectivity index (χ1) is 21.2. The highest BCUT2D eigenvalue weighted by atomic mass is 16.5.